The molecule has 7 heteroatoms. The summed E-state index contributed by atoms with van der Waals surface area (Å²) in [5.74, 6) is -0.00291. The predicted molar refractivity (Wildman–Crippen MR) is 87.1 cm³/mol. The highest BCUT2D eigenvalue weighted by molar-refractivity contribution is 7.09. The number of carbonyl (C=O) groups excluding carboxylic acids is 1. The summed E-state index contributed by atoms with van der Waals surface area (Å²) in [7, 11) is 0. The highest BCUT2D eigenvalue weighted by Gasteiger charge is 2.44. The second-order valence-corrected chi connectivity index (χ2v) is 7.32. The molecule has 3 atom stereocenters. The fourth-order valence-electron chi connectivity index (χ4n) is 3.42. The summed E-state index contributed by atoms with van der Waals surface area (Å²) < 4.78 is 19.0. The summed E-state index contributed by atoms with van der Waals surface area (Å²) in [5.41, 5.74) is 1.62. The molecule has 4 heterocycles. The molecule has 24 heavy (non-hydrogen) atoms. The van der Waals surface area contributed by atoms with Crippen LogP contribution in [0.25, 0.3) is 0 Å². The first-order valence-electron chi connectivity index (χ1n) is 8.04. The Labute approximate surface area is 143 Å². The summed E-state index contributed by atoms with van der Waals surface area (Å²) in [6.45, 7) is 3.32. The molecule has 0 radical (unpaired) electrons. The maximum Gasteiger partial charge on any atom is 0.228 e. The lowest BCUT2D eigenvalue weighted by atomic mass is 10.0. The number of nitrogens with zero attached hydrogens (tertiary/aromatic N) is 3. The van der Waals surface area contributed by atoms with Crippen molar-refractivity contribution in [2.45, 2.75) is 32.0 Å². The van der Waals surface area contributed by atoms with Gasteiger partial charge in [-0.25, -0.2) is 9.37 Å². The van der Waals surface area contributed by atoms with E-state index in [0.717, 1.165) is 23.3 Å². The Bertz CT molecular complexity index is 735. The number of thiazole rings is 1. The van der Waals surface area contributed by atoms with Crippen molar-refractivity contribution in [3.63, 3.8) is 0 Å². The molecule has 0 aliphatic carbocycles. The fourth-order valence-corrected chi connectivity index (χ4v) is 4.27. The fraction of sp³-hybridized carbons (Fsp3) is 0.471. The lowest BCUT2D eigenvalue weighted by Gasteiger charge is -2.18. The lowest BCUT2D eigenvalue weighted by molar-refractivity contribution is -0.130. The van der Waals surface area contributed by atoms with Gasteiger partial charge >= 0.3 is 0 Å². The number of hydrogen-bond acceptors (Lipinski definition) is 5. The number of likely N-dealkylation sites (tertiary alicyclic amines) is 1. The highest BCUT2D eigenvalue weighted by Crippen LogP contribution is 2.41. The number of fused-ring (bicyclic) bond motifs is 1. The second-order valence-electron chi connectivity index (χ2n) is 6.43. The van der Waals surface area contributed by atoms with Crippen molar-refractivity contribution < 1.29 is 13.9 Å². The zero-order valence-corrected chi connectivity index (χ0v) is 14.1. The minimum atomic E-state index is -0.390. The van der Waals surface area contributed by atoms with Gasteiger partial charge in [0.15, 0.2) is 0 Å². The van der Waals surface area contributed by atoms with Crippen LogP contribution in [0.4, 0.5) is 4.39 Å². The van der Waals surface area contributed by atoms with E-state index >= 15 is 0 Å². The maximum absolute atomic E-state index is 12.9. The van der Waals surface area contributed by atoms with Gasteiger partial charge in [-0.1, -0.05) is 0 Å². The standard InChI is InChI=1S/C17H18FN3O2S/c1-10-9-24-17(20-10)14-4-11-7-21(8-15(11)23-14)16(22)5-13-3-2-12(18)6-19-13/h2-3,6,9,11,14-15H,4-5,7-8H2,1H3/t11-,14+,15+/m0/s1. The van der Waals surface area contributed by atoms with Crippen LogP contribution in [-0.4, -0.2) is 40.0 Å². The summed E-state index contributed by atoms with van der Waals surface area (Å²) >= 11 is 1.64. The molecule has 0 aromatic carbocycles. The van der Waals surface area contributed by atoms with E-state index in [4.69, 9.17) is 4.74 Å². The smallest absolute Gasteiger partial charge is 0.228 e. The highest BCUT2D eigenvalue weighted by atomic mass is 32.1. The number of aryl methyl sites for hydroxylation is 1. The molecule has 0 saturated carbocycles. The first kappa shape index (κ1) is 15.7. The van der Waals surface area contributed by atoms with Gasteiger partial charge in [0, 0.05) is 35.8 Å². The van der Waals surface area contributed by atoms with Crippen molar-refractivity contribution in [3.8, 4) is 0 Å². The van der Waals surface area contributed by atoms with Gasteiger partial charge in [0.2, 0.25) is 5.91 Å². The number of halogens is 1. The van der Waals surface area contributed by atoms with Gasteiger partial charge in [-0.2, -0.15) is 0 Å². The molecule has 0 bridgehead atoms. The number of rotatable bonds is 3. The molecule has 4 rings (SSSR count). The first-order valence-corrected chi connectivity index (χ1v) is 8.92. The molecular weight excluding hydrogens is 329 g/mol. The van der Waals surface area contributed by atoms with Crippen molar-refractivity contribution in [3.05, 3.63) is 45.9 Å². The van der Waals surface area contributed by atoms with Crippen molar-refractivity contribution >= 4 is 17.2 Å². The molecule has 2 aliphatic heterocycles. The van der Waals surface area contributed by atoms with E-state index in [2.05, 4.69) is 9.97 Å². The van der Waals surface area contributed by atoms with Gasteiger partial charge in [-0.3, -0.25) is 9.78 Å². The summed E-state index contributed by atoms with van der Waals surface area (Å²) in [6, 6.07) is 2.89. The predicted octanol–water partition coefficient (Wildman–Crippen LogP) is 2.52. The van der Waals surface area contributed by atoms with Crippen molar-refractivity contribution in [2.24, 2.45) is 5.92 Å². The number of amides is 1. The van der Waals surface area contributed by atoms with Crippen LogP contribution in [-0.2, 0) is 16.0 Å². The molecule has 1 amide bonds. The molecule has 0 unspecified atom stereocenters. The molecule has 2 fully saturated rings. The molecule has 126 valence electrons. The van der Waals surface area contributed by atoms with Crippen LogP contribution < -0.4 is 0 Å². The number of carbonyl (C=O) groups is 1. The van der Waals surface area contributed by atoms with Gasteiger partial charge in [0.05, 0.1) is 18.7 Å². The Morgan fingerprint density at radius 3 is 3.00 bits per heavy atom. The molecule has 2 saturated heterocycles. The van der Waals surface area contributed by atoms with Crippen LogP contribution in [0.15, 0.2) is 23.7 Å². The Morgan fingerprint density at radius 2 is 2.33 bits per heavy atom. The Kier molecular flexibility index (Phi) is 4.05. The Morgan fingerprint density at radius 1 is 1.46 bits per heavy atom. The molecule has 5 nitrogen and oxygen atoms in total. The topological polar surface area (TPSA) is 55.3 Å². The number of ether oxygens (including phenoxy) is 1. The van der Waals surface area contributed by atoms with E-state index in [-0.39, 0.29) is 24.5 Å². The minimum absolute atomic E-state index is 0.0220. The van der Waals surface area contributed by atoms with Gasteiger partial charge in [0.25, 0.3) is 0 Å². The van der Waals surface area contributed by atoms with Crippen LogP contribution in [0.3, 0.4) is 0 Å². The van der Waals surface area contributed by atoms with Crippen molar-refractivity contribution in [1.82, 2.24) is 14.9 Å². The Hall–Kier alpha value is -1.86. The van der Waals surface area contributed by atoms with E-state index in [0.29, 0.717) is 24.7 Å². The third kappa shape index (κ3) is 3.06. The van der Waals surface area contributed by atoms with Crippen LogP contribution in [0, 0.1) is 18.7 Å². The third-order valence-corrected chi connectivity index (χ3v) is 5.68. The molecule has 0 N–H and O–H groups in total. The third-order valence-electron chi connectivity index (χ3n) is 4.62. The maximum atomic E-state index is 12.9. The minimum Gasteiger partial charge on any atom is -0.366 e. The van der Waals surface area contributed by atoms with Crippen LogP contribution in [0.5, 0.6) is 0 Å². The van der Waals surface area contributed by atoms with E-state index in [1.54, 1.807) is 17.4 Å². The van der Waals surface area contributed by atoms with Crippen molar-refractivity contribution in [1.29, 1.82) is 0 Å². The normalized spacial score (nSPS) is 25.9. The summed E-state index contributed by atoms with van der Waals surface area (Å²) in [5, 5.41) is 3.08. The molecular formula is C17H18FN3O2S. The van der Waals surface area contributed by atoms with Gasteiger partial charge in [0.1, 0.15) is 16.9 Å². The van der Waals surface area contributed by atoms with Crippen molar-refractivity contribution in [2.75, 3.05) is 13.1 Å². The summed E-state index contributed by atoms with van der Waals surface area (Å²) in [6.07, 6.45) is 2.41. The first-order chi connectivity index (χ1) is 11.6. The second kappa shape index (κ2) is 6.22. The van der Waals surface area contributed by atoms with E-state index in [1.165, 1.54) is 6.07 Å². The zero-order chi connectivity index (χ0) is 16.7. The average Bonchev–Trinajstić information content (AvgIpc) is 3.23. The van der Waals surface area contributed by atoms with Crippen LogP contribution in [0.1, 0.15) is 28.9 Å². The molecule has 0 spiro atoms. The SMILES string of the molecule is Cc1csc([C@H]2C[C@H]3CN(C(=O)Cc4ccc(F)cn4)C[C@H]3O2)n1. The van der Waals surface area contributed by atoms with Crippen LogP contribution in [0.2, 0.25) is 0 Å². The average molecular weight is 347 g/mol. The molecule has 2 aromatic rings. The molecule has 2 aliphatic rings. The van der Waals surface area contributed by atoms with Gasteiger partial charge in [-0.15, -0.1) is 11.3 Å². The van der Waals surface area contributed by atoms with Crippen LogP contribution >= 0.6 is 11.3 Å². The lowest BCUT2D eigenvalue weighted by Crippen LogP contribution is -2.32. The molecule has 2 aromatic heterocycles. The number of pyridine rings is 1. The quantitative estimate of drug-likeness (QED) is 0.856. The van der Waals surface area contributed by atoms with Gasteiger partial charge < -0.3 is 9.64 Å². The number of aromatic nitrogens is 2. The van der Waals surface area contributed by atoms with E-state index < -0.39 is 5.82 Å². The van der Waals surface area contributed by atoms with Gasteiger partial charge in [-0.05, 0) is 25.5 Å². The van der Waals surface area contributed by atoms with E-state index in [1.807, 2.05) is 17.2 Å². The zero-order valence-electron chi connectivity index (χ0n) is 13.3. The Balaban J connectivity index is 1.35. The summed E-state index contributed by atoms with van der Waals surface area (Å²) in [4.78, 5) is 22.7. The number of hydrogen-bond donors (Lipinski definition) is 0. The monoisotopic (exact) mass is 347 g/mol. The van der Waals surface area contributed by atoms with E-state index in [9.17, 15) is 9.18 Å². The largest absolute Gasteiger partial charge is 0.366 e.